The number of nitrogens with one attached hydrogen (secondary N) is 3. The molecule has 2 rings (SSSR count). The molecule has 1 aromatic carbocycles. The van der Waals surface area contributed by atoms with Crippen LogP contribution in [-0.2, 0) is 11.3 Å². The third kappa shape index (κ3) is 3.21. The van der Waals surface area contributed by atoms with E-state index in [2.05, 4.69) is 26.0 Å². The van der Waals surface area contributed by atoms with Crippen LogP contribution in [0.3, 0.4) is 0 Å². The minimum atomic E-state index is -0.0934. The van der Waals surface area contributed by atoms with Crippen LogP contribution < -0.4 is 10.6 Å². The van der Waals surface area contributed by atoms with Gasteiger partial charge in [-0.05, 0) is 23.8 Å². The van der Waals surface area contributed by atoms with Gasteiger partial charge in [0.25, 0.3) is 0 Å². The van der Waals surface area contributed by atoms with Crippen LogP contribution in [0, 0.1) is 0 Å². The maximum atomic E-state index is 10.9. The summed E-state index contributed by atoms with van der Waals surface area (Å²) in [5, 5.41) is 16.4. The SMILES string of the molecule is CC(=O)NCc1cc(Cl)ccc1Nc1cnn[nH]1. The van der Waals surface area contributed by atoms with E-state index in [1.54, 1.807) is 18.3 Å². The van der Waals surface area contributed by atoms with E-state index in [0.29, 0.717) is 17.4 Å². The number of H-pyrrole nitrogens is 1. The monoisotopic (exact) mass is 265 g/mol. The second-order valence-corrected chi connectivity index (χ2v) is 4.14. The van der Waals surface area contributed by atoms with Crippen molar-refractivity contribution in [1.82, 2.24) is 20.7 Å². The molecule has 94 valence electrons. The van der Waals surface area contributed by atoms with E-state index in [0.717, 1.165) is 11.3 Å². The lowest BCUT2D eigenvalue weighted by Gasteiger charge is -2.11. The molecule has 0 unspecified atom stereocenters. The quantitative estimate of drug-likeness (QED) is 0.788. The summed E-state index contributed by atoms with van der Waals surface area (Å²) in [5.41, 5.74) is 1.71. The van der Waals surface area contributed by atoms with Crippen LogP contribution in [0.4, 0.5) is 11.5 Å². The Balaban J connectivity index is 2.20. The van der Waals surface area contributed by atoms with Gasteiger partial charge in [0, 0.05) is 24.2 Å². The molecule has 0 saturated heterocycles. The van der Waals surface area contributed by atoms with Crippen molar-refractivity contribution in [2.24, 2.45) is 0 Å². The van der Waals surface area contributed by atoms with Gasteiger partial charge in [0.15, 0.2) is 0 Å². The maximum absolute atomic E-state index is 10.9. The molecule has 0 saturated carbocycles. The molecule has 1 amide bonds. The van der Waals surface area contributed by atoms with Crippen LogP contribution in [-0.4, -0.2) is 21.3 Å². The van der Waals surface area contributed by atoms with E-state index in [9.17, 15) is 4.79 Å². The first-order valence-electron chi connectivity index (χ1n) is 5.31. The number of aromatic amines is 1. The molecule has 7 heteroatoms. The lowest BCUT2D eigenvalue weighted by atomic mass is 10.1. The van der Waals surface area contributed by atoms with Crippen LogP contribution in [0.25, 0.3) is 0 Å². The van der Waals surface area contributed by atoms with Gasteiger partial charge in [-0.1, -0.05) is 16.8 Å². The number of hydrogen-bond donors (Lipinski definition) is 3. The van der Waals surface area contributed by atoms with Gasteiger partial charge in [-0.3, -0.25) is 4.79 Å². The van der Waals surface area contributed by atoms with Gasteiger partial charge >= 0.3 is 0 Å². The molecule has 1 heterocycles. The highest BCUT2D eigenvalue weighted by atomic mass is 35.5. The molecule has 0 atom stereocenters. The fraction of sp³-hybridized carbons (Fsp3) is 0.182. The van der Waals surface area contributed by atoms with E-state index < -0.39 is 0 Å². The Kier molecular flexibility index (Phi) is 3.78. The Morgan fingerprint density at radius 1 is 1.50 bits per heavy atom. The predicted molar refractivity (Wildman–Crippen MR) is 68.6 cm³/mol. The van der Waals surface area contributed by atoms with Crippen LogP contribution >= 0.6 is 11.6 Å². The zero-order valence-electron chi connectivity index (χ0n) is 9.70. The highest BCUT2D eigenvalue weighted by Gasteiger charge is 2.05. The number of benzene rings is 1. The summed E-state index contributed by atoms with van der Waals surface area (Å²) >= 11 is 5.94. The summed E-state index contributed by atoms with van der Waals surface area (Å²) < 4.78 is 0. The van der Waals surface area contributed by atoms with Crippen LogP contribution in [0.1, 0.15) is 12.5 Å². The van der Waals surface area contributed by atoms with E-state index in [-0.39, 0.29) is 5.91 Å². The van der Waals surface area contributed by atoms with Gasteiger partial charge in [-0.2, -0.15) is 0 Å². The van der Waals surface area contributed by atoms with E-state index in [1.807, 2.05) is 6.07 Å². The van der Waals surface area contributed by atoms with Crippen molar-refractivity contribution in [3.8, 4) is 0 Å². The maximum Gasteiger partial charge on any atom is 0.217 e. The van der Waals surface area contributed by atoms with Crippen molar-refractivity contribution >= 4 is 29.0 Å². The number of hydrogen-bond acceptors (Lipinski definition) is 4. The molecule has 0 radical (unpaired) electrons. The van der Waals surface area contributed by atoms with Crippen LogP contribution in [0.5, 0.6) is 0 Å². The molecule has 0 aliphatic heterocycles. The second kappa shape index (κ2) is 5.50. The topological polar surface area (TPSA) is 82.7 Å². The van der Waals surface area contributed by atoms with E-state index in [4.69, 9.17) is 11.6 Å². The Bertz CT molecular complexity index is 540. The Morgan fingerprint density at radius 2 is 2.33 bits per heavy atom. The first-order chi connectivity index (χ1) is 8.65. The molecular formula is C11H12ClN5O. The molecule has 2 aromatic rings. The summed E-state index contributed by atoms with van der Waals surface area (Å²) in [4.78, 5) is 10.9. The number of halogens is 1. The molecule has 3 N–H and O–H groups in total. The summed E-state index contributed by atoms with van der Waals surface area (Å²) in [6.45, 7) is 1.87. The molecule has 0 aliphatic carbocycles. The van der Waals surface area contributed by atoms with Crippen molar-refractivity contribution in [2.75, 3.05) is 5.32 Å². The standard InChI is InChI=1S/C11H12ClN5O/c1-7(18)13-5-8-4-9(12)2-3-10(8)15-11-6-14-17-16-11/h2-4,6H,5H2,1H3,(H,13,18)(H2,14,15,16,17). The molecule has 0 spiro atoms. The highest BCUT2D eigenvalue weighted by Crippen LogP contribution is 2.23. The van der Waals surface area contributed by atoms with Crippen molar-refractivity contribution < 1.29 is 4.79 Å². The Labute approximate surface area is 109 Å². The second-order valence-electron chi connectivity index (χ2n) is 3.71. The van der Waals surface area contributed by atoms with Crippen molar-refractivity contribution in [3.05, 3.63) is 35.0 Å². The zero-order chi connectivity index (χ0) is 13.0. The molecule has 6 nitrogen and oxygen atoms in total. The third-order valence-corrected chi connectivity index (χ3v) is 2.51. The smallest absolute Gasteiger partial charge is 0.217 e. The van der Waals surface area contributed by atoms with Gasteiger partial charge in [0.1, 0.15) is 5.82 Å². The number of rotatable bonds is 4. The fourth-order valence-corrected chi connectivity index (χ4v) is 1.65. The normalized spacial score (nSPS) is 10.1. The Hall–Kier alpha value is -2.08. The van der Waals surface area contributed by atoms with Gasteiger partial charge in [-0.25, -0.2) is 5.10 Å². The molecule has 18 heavy (non-hydrogen) atoms. The first kappa shape index (κ1) is 12.4. The zero-order valence-corrected chi connectivity index (χ0v) is 10.5. The molecular weight excluding hydrogens is 254 g/mol. The number of nitrogens with zero attached hydrogens (tertiary/aromatic N) is 2. The summed E-state index contributed by atoms with van der Waals surface area (Å²) in [6, 6.07) is 5.40. The van der Waals surface area contributed by atoms with Gasteiger partial charge in [-0.15, -0.1) is 5.10 Å². The third-order valence-electron chi connectivity index (χ3n) is 2.28. The summed E-state index contributed by atoms with van der Waals surface area (Å²) in [7, 11) is 0. The first-order valence-corrected chi connectivity index (χ1v) is 5.69. The van der Waals surface area contributed by atoms with Crippen molar-refractivity contribution in [1.29, 1.82) is 0 Å². The van der Waals surface area contributed by atoms with Crippen LogP contribution in [0.15, 0.2) is 24.4 Å². The molecule has 0 aliphatic rings. The van der Waals surface area contributed by atoms with Crippen molar-refractivity contribution in [3.63, 3.8) is 0 Å². The Morgan fingerprint density at radius 3 is 3.00 bits per heavy atom. The lowest BCUT2D eigenvalue weighted by Crippen LogP contribution is -2.19. The predicted octanol–water partition coefficient (Wildman–Crippen LogP) is 1.84. The minimum absolute atomic E-state index is 0.0934. The average molecular weight is 266 g/mol. The fourth-order valence-electron chi connectivity index (χ4n) is 1.45. The molecule has 1 aromatic heterocycles. The number of carbonyl (C=O) groups is 1. The number of amides is 1. The average Bonchev–Trinajstić information content (AvgIpc) is 2.82. The highest BCUT2D eigenvalue weighted by molar-refractivity contribution is 6.30. The summed E-state index contributed by atoms with van der Waals surface area (Å²) in [5.74, 6) is 0.575. The lowest BCUT2D eigenvalue weighted by molar-refractivity contribution is -0.119. The number of carbonyl (C=O) groups excluding carboxylic acids is 1. The molecule has 0 fully saturated rings. The van der Waals surface area contributed by atoms with E-state index >= 15 is 0 Å². The van der Waals surface area contributed by atoms with Gasteiger partial charge < -0.3 is 10.6 Å². The van der Waals surface area contributed by atoms with Crippen LogP contribution in [0.2, 0.25) is 5.02 Å². The minimum Gasteiger partial charge on any atom is -0.352 e. The van der Waals surface area contributed by atoms with Gasteiger partial charge in [0.05, 0.1) is 6.20 Å². The van der Waals surface area contributed by atoms with Crippen molar-refractivity contribution in [2.45, 2.75) is 13.5 Å². The number of anilines is 2. The molecule has 0 bridgehead atoms. The largest absolute Gasteiger partial charge is 0.352 e. The van der Waals surface area contributed by atoms with Gasteiger partial charge in [0.2, 0.25) is 5.91 Å². The van der Waals surface area contributed by atoms with E-state index in [1.165, 1.54) is 6.92 Å². The summed E-state index contributed by atoms with van der Waals surface area (Å²) in [6.07, 6.45) is 1.57. The number of aromatic nitrogens is 3.